The first kappa shape index (κ1) is 14.5. The number of nitrogens with zero attached hydrogens (tertiary/aromatic N) is 2. The minimum atomic E-state index is -3.48. The van der Waals surface area contributed by atoms with Crippen molar-refractivity contribution >= 4 is 21.6 Å². The van der Waals surface area contributed by atoms with E-state index in [-0.39, 0.29) is 12.5 Å². The third-order valence-corrected chi connectivity index (χ3v) is 3.69. The smallest absolute Gasteiger partial charge is 0.242 e. The first-order valence-electron chi connectivity index (χ1n) is 5.47. The maximum Gasteiger partial charge on any atom is 0.242 e. The second-order valence-electron chi connectivity index (χ2n) is 4.34. The largest absolute Gasteiger partial charge is 0.347 e. The number of rotatable bonds is 4. The van der Waals surface area contributed by atoms with Gasteiger partial charge < -0.3 is 4.90 Å². The third-order valence-electron chi connectivity index (χ3n) is 2.56. The van der Waals surface area contributed by atoms with Crippen molar-refractivity contribution < 1.29 is 13.2 Å². The zero-order valence-electron chi connectivity index (χ0n) is 11.0. The topological polar surface area (TPSA) is 57.7 Å². The fourth-order valence-electron chi connectivity index (χ4n) is 1.49. The second kappa shape index (κ2) is 5.39. The van der Waals surface area contributed by atoms with Crippen molar-refractivity contribution in [2.24, 2.45) is 0 Å². The van der Waals surface area contributed by atoms with Gasteiger partial charge in [-0.25, -0.2) is 8.42 Å². The molecule has 0 spiro atoms. The Bertz CT molecular complexity index is 538. The van der Waals surface area contributed by atoms with Gasteiger partial charge in [0.2, 0.25) is 15.9 Å². The van der Waals surface area contributed by atoms with Crippen molar-refractivity contribution in [3.8, 4) is 0 Å². The predicted octanol–water partition coefficient (Wildman–Crippen LogP) is 0.849. The number of hydrogen-bond donors (Lipinski definition) is 0. The number of amides is 1. The Morgan fingerprint density at radius 1 is 1.22 bits per heavy atom. The lowest BCUT2D eigenvalue weighted by Crippen LogP contribution is -2.40. The molecular formula is C12H18N2O3S. The van der Waals surface area contributed by atoms with Crippen LogP contribution in [-0.4, -0.2) is 46.1 Å². The number of anilines is 1. The molecule has 0 aliphatic heterocycles. The van der Waals surface area contributed by atoms with E-state index in [9.17, 15) is 13.2 Å². The third kappa shape index (κ3) is 3.46. The van der Waals surface area contributed by atoms with Crippen LogP contribution in [0, 0.1) is 6.92 Å². The number of benzene rings is 1. The molecule has 0 unspecified atom stereocenters. The summed E-state index contributed by atoms with van der Waals surface area (Å²) in [5.41, 5.74) is 1.35. The lowest BCUT2D eigenvalue weighted by molar-refractivity contribution is -0.127. The van der Waals surface area contributed by atoms with Crippen molar-refractivity contribution in [3.05, 3.63) is 29.8 Å². The summed E-state index contributed by atoms with van der Waals surface area (Å²) in [5, 5.41) is 0. The molecule has 0 atom stereocenters. The molecule has 6 heteroatoms. The standard InChI is InChI=1S/C12H18N2O3S/c1-10-7-5-6-8-11(10)14(18(4,16)17)9-12(15)13(2)3/h5-8H,9H2,1-4H3. The van der Waals surface area contributed by atoms with Gasteiger partial charge in [0.05, 0.1) is 11.9 Å². The van der Waals surface area contributed by atoms with Crippen LogP contribution in [-0.2, 0) is 14.8 Å². The van der Waals surface area contributed by atoms with Gasteiger partial charge in [0.1, 0.15) is 6.54 Å². The molecule has 0 fully saturated rings. The van der Waals surface area contributed by atoms with Crippen molar-refractivity contribution in [3.63, 3.8) is 0 Å². The van der Waals surface area contributed by atoms with Crippen LogP contribution in [0.3, 0.4) is 0 Å². The van der Waals surface area contributed by atoms with Crippen LogP contribution < -0.4 is 4.31 Å². The van der Waals surface area contributed by atoms with Gasteiger partial charge in [-0.15, -0.1) is 0 Å². The quantitative estimate of drug-likeness (QED) is 0.815. The van der Waals surface area contributed by atoms with E-state index in [2.05, 4.69) is 0 Å². The molecule has 1 rings (SSSR count). The van der Waals surface area contributed by atoms with Gasteiger partial charge in [0.15, 0.2) is 0 Å². The normalized spacial score (nSPS) is 11.1. The predicted molar refractivity (Wildman–Crippen MR) is 72.1 cm³/mol. The number of likely N-dealkylation sites (N-methyl/N-ethyl adjacent to an activating group) is 1. The second-order valence-corrected chi connectivity index (χ2v) is 6.25. The highest BCUT2D eigenvalue weighted by Crippen LogP contribution is 2.21. The van der Waals surface area contributed by atoms with E-state index in [0.29, 0.717) is 5.69 Å². The summed E-state index contributed by atoms with van der Waals surface area (Å²) in [6.07, 6.45) is 1.10. The number of aryl methyl sites for hydroxylation is 1. The minimum Gasteiger partial charge on any atom is -0.347 e. The van der Waals surface area contributed by atoms with E-state index in [0.717, 1.165) is 16.1 Å². The van der Waals surface area contributed by atoms with Gasteiger partial charge >= 0.3 is 0 Å². The minimum absolute atomic E-state index is 0.184. The molecule has 0 bridgehead atoms. The molecule has 0 saturated carbocycles. The monoisotopic (exact) mass is 270 g/mol. The molecule has 0 aromatic heterocycles. The van der Waals surface area contributed by atoms with Gasteiger partial charge in [-0.2, -0.15) is 0 Å². The van der Waals surface area contributed by atoms with E-state index in [1.54, 1.807) is 26.2 Å². The van der Waals surface area contributed by atoms with E-state index in [4.69, 9.17) is 0 Å². The van der Waals surface area contributed by atoms with Gasteiger partial charge in [-0.1, -0.05) is 18.2 Å². The lowest BCUT2D eigenvalue weighted by Gasteiger charge is -2.24. The molecule has 0 aliphatic rings. The van der Waals surface area contributed by atoms with Crippen molar-refractivity contribution in [1.29, 1.82) is 0 Å². The molecule has 1 aromatic carbocycles. The summed E-state index contributed by atoms with van der Waals surface area (Å²) >= 11 is 0. The Labute approximate surface area is 108 Å². The maximum atomic E-state index is 11.8. The van der Waals surface area contributed by atoms with Crippen LogP contribution in [0.5, 0.6) is 0 Å². The van der Waals surface area contributed by atoms with Gasteiger partial charge in [-0.3, -0.25) is 9.10 Å². The van der Waals surface area contributed by atoms with Crippen molar-refractivity contribution in [1.82, 2.24) is 4.90 Å². The highest BCUT2D eigenvalue weighted by Gasteiger charge is 2.22. The van der Waals surface area contributed by atoms with Crippen LogP contribution in [0.4, 0.5) is 5.69 Å². The Morgan fingerprint density at radius 2 is 1.78 bits per heavy atom. The number of hydrogen-bond acceptors (Lipinski definition) is 3. The zero-order chi connectivity index (χ0) is 13.9. The highest BCUT2D eigenvalue weighted by molar-refractivity contribution is 7.92. The maximum absolute atomic E-state index is 11.8. The molecule has 0 aliphatic carbocycles. The molecule has 0 saturated heterocycles. The number of para-hydroxylation sites is 1. The average Bonchev–Trinajstić information content (AvgIpc) is 2.25. The van der Waals surface area contributed by atoms with E-state index >= 15 is 0 Å². The van der Waals surface area contributed by atoms with Crippen LogP contribution in [0.1, 0.15) is 5.56 Å². The molecule has 0 heterocycles. The Hall–Kier alpha value is -1.56. The van der Waals surface area contributed by atoms with Gasteiger partial charge in [0.25, 0.3) is 0 Å². The van der Waals surface area contributed by atoms with Crippen molar-refractivity contribution in [2.75, 3.05) is 31.2 Å². The van der Waals surface area contributed by atoms with Gasteiger partial charge in [-0.05, 0) is 18.6 Å². The SMILES string of the molecule is Cc1ccccc1N(CC(=O)N(C)C)S(C)(=O)=O. The Morgan fingerprint density at radius 3 is 2.22 bits per heavy atom. The molecular weight excluding hydrogens is 252 g/mol. The van der Waals surface area contributed by atoms with E-state index in [1.807, 2.05) is 19.1 Å². The zero-order valence-corrected chi connectivity index (χ0v) is 11.9. The first-order chi connectivity index (χ1) is 8.23. The molecule has 0 N–H and O–H groups in total. The van der Waals surface area contributed by atoms with E-state index in [1.165, 1.54) is 4.90 Å². The molecule has 18 heavy (non-hydrogen) atoms. The molecule has 0 radical (unpaired) electrons. The Balaban J connectivity index is 3.16. The molecule has 1 aromatic rings. The van der Waals surface area contributed by atoms with Gasteiger partial charge in [0, 0.05) is 14.1 Å². The van der Waals surface area contributed by atoms with Crippen LogP contribution >= 0.6 is 0 Å². The molecule has 1 amide bonds. The highest BCUT2D eigenvalue weighted by atomic mass is 32.2. The fourth-order valence-corrected chi connectivity index (χ4v) is 2.40. The average molecular weight is 270 g/mol. The number of sulfonamides is 1. The lowest BCUT2D eigenvalue weighted by atomic mass is 10.2. The van der Waals surface area contributed by atoms with Crippen molar-refractivity contribution in [2.45, 2.75) is 6.92 Å². The van der Waals surface area contributed by atoms with Crippen LogP contribution in [0.25, 0.3) is 0 Å². The summed E-state index contributed by atoms with van der Waals surface area (Å²) in [5.74, 6) is -0.260. The van der Waals surface area contributed by atoms with Crippen LogP contribution in [0.15, 0.2) is 24.3 Å². The summed E-state index contributed by atoms with van der Waals surface area (Å²) in [4.78, 5) is 13.1. The van der Waals surface area contributed by atoms with Crippen LogP contribution in [0.2, 0.25) is 0 Å². The molecule has 5 nitrogen and oxygen atoms in total. The Kier molecular flexibility index (Phi) is 4.34. The number of carbonyl (C=O) groups excluding carboxylic acids is 1. The summed E-state index contributed by atoms with van der Waals surface area (Å²) in [6, 6.07) is 7.08. The fraction of sp³-hybridized carbons (Fsp3) is 0.417. The number of carbonyl (C=O) groups is 1. The summed E-state index contributed by atoms with van der Waals surface area (Å²) in [6.45, 7) is 1.63. The first-order valence-corrected chi connectivity index (χ1v) is 7.32. The molecule has 100 valence electrons. The van der Waals surface area contributed by atoms with E-state index < -0.39 is 10.0 Å². The summed E-state index contributed by atoms with van der Waals surface area (Å²) in [7, 11) is -0.287. The summed E-state index contributed by atoms with van der Waals surface area (Å²) < 4.78 is 24.7.